The van der Waals surface area contributed by atoms with Crippen molar-refractivity contribution >= 4 is 11.7 Å². The van der Waals surface area contributed by atoms with E-state index in [2.05, 4.69) is 19.2 Å². The van der Waals surface area contributed by atoms with E-state index in [1.165, 1.54) is 0 Å². The van der Waals surface area contributed by atoms with Crippen molar-refractivity contribution in [2.45, 2.75) is 39.5 Å². The molecule has 1 aliphatic carbocycles. The quantitative estimate of drug-likeness (QED) is 0.804. The number of allylic oxidation sites excluding steroid dienone is 3. The van der Waals surface area contributed by atoms with Crippen molar-refractivity contribution in [3.8, 4) is 5.75 Å². The molecule has 1 saturated heterocycles. The van der Waals surface area contributed by atoms with Crippen molar-refractivity contribution in [1.82, 2.24) is 10.2 Å². The van der Waals surface area contributed by atoms with Crippen molar-refractivity contribution in [2.24, 2.45) is 5.41 Å². The molecule has 0 bridgehead atoms. The molecule has 1 aromatic rings. The van der Waals surface area contributed by atoms with Crippen LogP contribution in [-0.4, -0.2) is 48.0 Å². The van der Waals surface area contributed by atoms with Crippen LogP contribution in [0.3, 0.4) is 0 Å². The van der Waals surface area contributed by atoms with Crippen molar-refractivity contribution < 1.29 is 19.4 Å². The third-order valence-corrected chi connectivity index (χ3v) is 5.97. The average molecular weight is 396 g/mol. The summed E-state index contributed by atoms with van der Waals surface area (Å²) in [4.78, 5) is 28.5. The zero-order chi connectivity index (χ0) is 20.8. The van der Waals surface area contributed by atoms with Crippen LogP contribution in [0.1, 0.15) is 45.1 Å². The molecule has 4 rings (SSSR count). The van der Waals surface area contributed by atoms with Crippen molar-refractivity contribution in [3.05, 3.63) is 52.4 Å². The van der Waals surface area contributed by atoms with Crippen LogP contribution in [0.5, 0.6) is 5.75 Å². The third-order valence-electron chi connectivity index (χ3n) is 5.97. The molecule has 0 unspecified atom stereocenters. The number of nitrogens with one attached hydrogen (secondary N) is 1. The molecule has 6 heteroatoms. The number of carbonyl (C=O) groups is 2. The third kappa shape index (κ3) is 3.69. The highest BCUT2D eigenvalue weighted by molar-refractivity contribution is 6.05. The minimum Gasteiger partial charge on any atom is -0.508 e. The molecule has 2 heterocycles. The number of morpholine rings is 1. The van der Waals surface area contributed by atoms with Crippen LogP contribution in [0.25, 0.3) is 0 Å². The number of aromatic hydroxyl groups is 1. The van der Waals surface area contributed by atoms with E-state index in [-0.39, 0.29) is 22.9 Å². The van der Waals surface area contributed by atoms with Crippen molar-refractivity contribution in [3.63, 3.8) is 0 Å². The van der Waals surface area contributed by atoms with Gasteiger partial charge in [-0.2, -0.15) is 0 Å². The maximum absolute atomic E-state index is 13.5. The first-order chi connectivity index (χ1) is 13.8. The highest BCUT2D eigenvalue weighted by Crippen LogP contribution is 2.47. The fourth-order valence-corrected chi connectivity index (χ4v) is 4.69. The lowest BCUT2D eigenvalue weighted by molar-refractivity contribution is -0.131. The summed E-state index contributed by atoms with van der Waals surface area (Å²) in [6.07, 6.45) is 1.20. The highest BCUT2D eigenvalue weighted by atomic mass is 16.5. The number of amides is 1. The average Bonchev–Trinajstić information content (AvgIpc) is 2.66. The summed E-state index contributed by atoms with van der Waals surface area (Å²) >= 11 is 0. The first-order valence-electron chi connectivity index (χ1n) is 10.2. The van der Waals surface area contributed by atoms with E-state index < -0.39 is 5.92 Å². The van der Waals surface area contributed by atoms with Crippen LogP contribution in [0, 0.1) is 5.41 Å². The minimum atomic E-state index is -0.475. The van der Waals surface area contributed by atoms with E-state index >= 15 is 0 Å². The van der Waals surface area contributed by atoms with Crippen LogP contribution in [0.2, 0.25) is 0 Å². The van der Waals surface area contributed by atoms with Gasteiger partial charge in [0, 0.05) is 48.0 Å². The molecule has 0 aromatic heterocycles. The summed E-state index contributed by atoms with van der Waals surface area (Å²) in [5.74, 6) is -0.354. The fourth-order valence-electron chi connectivity index (χ4n) is 4.69. The van der Waals surface area contributed by atoms with E-state index in [1.54, 1.807) is 23.1 Å². The topological polar surface area (TPSA) is 78.9 Å². The summed E-state index contributed by atoms with van der Waals surface area (Å²) < 4.78 is 5.40. The predicted octanol–water partition coefficient (Wildman–Crippen LogP) is 2.86. The second kappa shape index (κ2) is 7.34. The number of phenols is 1. The number of hydrogen-bond donors (Lipinski definition) is 2. The van der Waals surface area contributed by atoms with Gasteiger partial charge >= 0.3 is 0 Å². The molecule has 6 nitrogen and oxygen atoms in total. The predicted molar refractivity (Wildman–Crippen MR) is 109 cm³/mol. The van der Waals surface area contributed by atoms with Gasteiger partial charge in [0.15, 0.2) is 5.78 Å². The van der Waals surface area contributed by atoms with Crippen molar-refractivity contribution in [1.29, 1.82) is 0 Å². The highest BCUT2D eigenvalue weighted by Gasteiger charge is 2.43. The summed E-state index contributed by atoms with van der Waals surface area (Å²) in [7, 11) is 0. The number of nitrogens with zero attached hydrogens (tertiary/aromatic N) is 1. The summed E-state index contributed by atoms with van der Waals surface area (Å²) in [5.41, 5.74) is 3.57. The number of benzene rings is 1. The van der Waals surface area contributed by atoms with Crippen LogP contribution < -0.4 is 5.32 Å². The SMILES string of the molecule is CC1=C(C(=O)N2CCOCC2)[C@@H](c2cccc(O)c2)C2=C(CC(C)(C)CC2=O)N1. The molecule has 0 spiro atoms. The molecule has 0 radical (unpaired) electrons. The summed E-state index contributed by atoms with van der Waals surface area (Å²) in [6.45, 7) is 8.19. The van der Waals surface area contributed by atoms with Crippen LogP contribution >= 0.6 is 0 Å². The Labute approximate surface area is 171 Å². The van der Waals surface area contributed by atoms with Crippen LogP contribution in [0.4, 0.5) is 0 Å². The fraction of sp³-hybridized carbons (Fsp3) is 0.478. The van der Waals surface area contributed by atoms with Gasteiger partial charge in [0.25, 0.3) is 5.91 Å². The first-order valence-corrected chi connectivity index (χ1v) is 10.2. The van der Waals surface area contributed by atoms with Crippen LogP contribution in [-0.2, 0) is 14.3 Å². The zero-order valence-electron chi connectivity index (χ0n) is 17.2. The Balaban J connectivity index is 1.83. The number of rotatable bonds is 2. The molecule has 29 heavy (non-hydrogen) atoms. The molecule has 3 aliphatic rings. The maximum Gasteiger partial charge on any atom is 0.252 e. The van der Waals surface area contributed by atoms with Gasteiger partial charge in [-0.25, -0.2) is 0 Å². The van der Waals surface area contributed by atoms with Gasteiger partial charge in [-0.3, -0.25) is 9.59 Å². The number of ether oxygens (including phenoxy) is 1. The zero-order valence-corrected chi connectivity index (χ0v) is 17.2. The number of hydrogen-bond acceptors (Lipinski definition) is 5. The van der Waals surface area contributed by atoms with Gasteiger partial charge in [0.2, 0.25) is 0 Å². The number of carbonyl (C=O) groups excluding carboxylic acids is 2. The molecule has 2 N–H and O–H groups in total. The Bertz CT molecular complexity index is 923. The van der Waals surface area contributed by atoms with E-state index in [4.69, 9.17) is 4.74 Å². The molecule has 2 aliphatic heterocycles. The normalized spacial score (nSPS) is 24.3. The summed E-state index contributed by atoms with van der Waals surface area (Å²) in [6, 6.07) is 6.91. The van der Waals surface area contributed by atoms with Gasteiger partial charge in [-0.15, -0.1) is 0 Å². The number of ketones is 1. The number of dihydropyridines is 1. The lowest BCUT2D eigenvalue weighted by Crippen LogP contribution is -2.45. The molecule has 0 saturated carbocycles. The Morgan fingerprint density at radius 2 is 1.97 bits per heavy atom. The maximum atomic E-state index is 13.5. The molecule has 1 fully saturated rings. The van der Waals surface area contributed by atoms with E-state index in [9.17, 15) is 14.7 Å². The number of phenolic OH excluding ortho intramolecular Hbond substituents is 1. The second-order valence-corrected chi connectivity index (χ2v) is 8.93. The molecule has 1 amide bonds. The standard InChI is InChI=1S/C23H28N2O4/c1-14-19(22(28)25-7-9-29-10-8-25)20(15-5-4-6-16(26)11-15)21-17(24-14)12-23(2,3)13-18(21)27/h4-6,11,20,24,26H,7-10,12-13H2,1-3H3/t20-/m1/s1. The minimum absolute atomic E-state index is 0.0665. The Morgan fingerprint density at radius 1 is 1.24 bits per heavy atom. The molecule has 1 atom stereocenters. The Kier molecular flexibility index (Phi) is 4.99. The Hall–Kier alpha value is -2.60. The molecular weight excluding hydrogens is 368 g/mol. The summed E-state index contributed by atoms with van der Waals surface area (Å²) in [5, 5.41) is 13.5. The number of Topliss-reactive ketones (excluding diaryl/α,β-unsaturated/α-hetero) is 1. The van der Waals surface area contributed by atoms with Gasteiger partial charge in [-0.05, 0) is 36.5 Å². The largest absolute Gasteiger partial charge is 0.508 e. The Morgan fingerprint density at radius 3 is 2.66 bits per heavy atom. The van der Waals surface area contributed by atoms with E-state index in [0.717, 1.165) is 23.4 Å². The van der Waals surface area contributed by atoms with E-state index in [0.29, 0.717) is 43.9 Å². The molecule has 1 aromatic carbocycles. The van der Waals surface area contributed by atoms with Gasteiger partial charge < -0.3 is 20.1 Å². The monoisotopic (exact) mass is 396 g/mol. The lowest BCUT2D eigenvalue weighted by Gasteiger charge is -2.41. The van der Waals surface area contributed by atoms with E-state index in [1.807, 2.05) is 13.0 Å². The molecule has 154 valence electrons. The van der Waals surface area contributed by atoms with Gasteiger partial charge in [0.1, 0.15) is 5.75 Å². The van der Waals surface area contributed by atoms with Crippen molar-refractivity contribution in [2.75, 3.05) is 26.3 Å². The molecular formula is C23H28N2O4. The van der Waals surface area contributed by atoms with Crippen LogP contribution in [0.15, 0.2) is 46.8 Å². The smallest absolute Gasteiger partial charge is 0.252 e. The lowest BCUT2D eigenvalue weighted by atomic mass is 9.68. The first kappa shape index (κ1) is 19.7. The van der Waals surface area contributed by atoms with Gasteiger partial charge in [-0.1, -0.05) is 26.0 Å². The second-order valence-electron chi connectivity index (χ2n) is 8.93. The van der Waals surface area contributed by atoms with Gasteiger partial charge in [0.05, 0.1) is 13.2 Å².